The fourth-order valence-corrected chi connectivity index (χ4v) is 1.43. The first-order valence-electron chi connectivity index (χ1n) is 4.20. The van der Waals surface area contributed by atoms with Gasteiger partial charge in [0, 0.05) is 12.3 Å². The lowest BCUT2D eigenvalue weighted by molar-refractivity contribution is 0.347. The van der Waals surface area contributed by atoms with E-state index in [0.29, 0.717) is 5.41 Å². The number of allylic oxidation sites excluding steroid dienone is 1. The Morgan fingerprint density at radius 3 is 2.73 bits per heavy atom. The molecular formula is C10H17N. The molecule has 11 heavy (non-hydrogen) atoms. The van der Waals surface area contributed by atoms with Gasteiger partial charge in [0.1, 0.15) is 0 Å². The summed E-state index contributed by atoms with van der Waals surface area (Å²) in [6.45, 7) is 11.6. The van der Waals surface area contributed by atoms with Crippen LogP contribution in [0.2, 0.25) is 0 Å². The summed E-state index contributed by atoms with van der Waals surface area (Å²) in [5.74, 6) is 0. The summed E-state index contributed by atoms with van der Waals surface area (Å²) >= 11 is 0. The Labute approximate surface area is 69.2 Å². The van der Waals surface area contributed by atoms with Crippen molar-refractivity contribution in [1.82, 2.24) is 0 Å². The second-order valence-corrected chi connectivity index (χ2v) is 4.16. The topological polar surface area (TPSA) is 12.4 Å². The Morgan fingerprint density at radius 1 is 1.45 bits per heavy atom. The molecule has 1 heterocycles. The van der Waals surface area contributed by atoms with Crippen LogP contribution in [0.15, 0.2) is 17.1 Å². The number of rotatable bonds is 0. The summed E-state index contributed by atoms with van der Waals surface area (Å²) in [5.41, 5.74) is 2.77. The van der Waals surface area contributed by atoms with Gasteiger partial charge in [-0.1, -0.05) is 20.4 Å². The maximum Gasteiger partial charge on any atom is 0.0397 e. The molecule has 0 bridgehead atoms. The first kappa shape index (κ1) is 8.51. The minimum absolute atomic E-state index is 0.401. The smallest absolute Gasteiger partial charge is 0.0397 e. The van der Waals surface area contributed by atoms with Crippen molar-refractivity contribution >= 4 is 5.71 Å². The average Bonchev–Trinajstić information content (AvgIpc) is 1.93. The van der Waals surface area contributed by atoms with Crippen molar-refractivity contribution in [1.29, 1.82) is 0 Å². The number of nitrogens with zero attached hydrogens (tertiary/aromatic N) is 1. The first-order chi connectivity index (χ1) is 5.01. The van der Waals surface area contributed by atoms with Crippen LogP contribution in [-0.2, 0) is 0 Å². The molecular weight excluding hydrogens is 134 g/mol. The minimum atomic E-state index is 0.401. The maximum atomic E-state index is 4.42. The SMILES string of the molecule is C=C1CC(C)(C)CCN=C1C. The van der Waals surface area contributed by atoms with Crippen LogP contribution in [0.25, 0.3) is 0 Å². The normalized spacial score (nSPS) is 24.3. The molecule has 0 radical (unpaired) electrons. The van der Waals surface area contributed by atoms with Crippen LogP contribution in [0, 0.1) is 5.41 Å². The third-order valence-electron chi connectivity index (χ3n) is 2.34. The molecule has 0 aromatic carbocycles. The zero-order chi connectivity index (χ0) is 8.48. The van der Waals surface area contributed by atoms with E-state index < -0.39 is 0 Å². The molecule has 0 saturated heterocycles. The molecule has 62 valence electrons. The number of hydrogen-bond acceptors (Lipinski definition) is 1. The molecule has 0 amide bonds. The minimum Gasteiger partial charge on any atom is -0.290 e. The van der Waals surface area contributed by atoms with Crippen molar-refractivity contribution < 1.29 is 0 Å². The van der Waals surface area contributed by atoms with Gasteiger partial charge in [-0.2, -0.15) is 0 Å². The van der Waals surface area contributed by atoms with Crippen LogP contribution in [0.4, 0.5) is 0 Å². The quantitative estimate of drug-likeness (QED) is 0.505. The third kappa shape index (κ3) is 2.18. The van der Waals surface area contributed by atoms with Gasteiger partial charge in [0.25, 0.3) is 0 Å². The second kappa shape index (κ2) is 2.80. The molecule has 0 unspecified atom stereocenters. The third-order valence-corrected chi connectivity index (χ3v) is 2.34. The zero-order valence-electron chi connectivity index (χ0n) is 7.78. The monoisotopic (exact) mass is 151 g/mol. The summed E-state index contributed by atoms with van der Waals surface area (Å²) in [6.07, 6.45) is 2.28. The summed E-state index contributed by atoms with van der Waals surface area (Å²) in [7, 11) is 0. The highest BCUT2D eigenvalue weighted by Crippen LogP contribution is 2.31. The lowest BCUT2D eigenvalue weighted by Crippen LogP contribution is -2.12. The Hall–Kier alpha value is -0.590. The average molecular weight is 151 g/mol. The molecule has 0 spiro atoms. The molecule has 0 saturated carbocycles. The van der Waals surface area contributed by atoms with Crippen LogP contribution in [0.1, 0.15) is 33.6 Å². The van der Waals surface area contributed by atoms with Crippen molar-refractivity contribution in [2.24, 2.45) is 10.4 Å². The fraction of sp³-hybridized carbons (Fsp3) is 0.700. The van der Waals surface area contributed by atoms with Gasteiger partial charge < -0.3 is 0 Å². The standard InChI is InChI=1S/C10H17N/c1-8-7-10(3,4)5-6-11-9(8)2/h1,5-7H2,2-4H3. The second-order valence-electron chi connectivity index (χ2n) is 4.16. The number of hydrogen-bond donors (Lipinski definition) is 0. The van der Waals surface area contributed by atoms with Gasteiger partial charge in [0.05, 0.1) is 0 Å². The van der Waals surface area contributed by atoms with E-state index in [1.165, 1.54) is 12.0 Å². The van der Waals surface area contributed by atoms with Crippen LogP contribution in [0.5, 0.6) is 0 Å². The molecule has 1 rings (SSSR count). The molecule has 0 aliphatic carbocycles. The molecule has 0 atom stereocenters. The van der Waals surface area contributed by atoms with Gasteiger partial charge in [0.2, 0.25) is 0 Å². The number of aliphatic imine (C=N–C) groups is 1. The van der Waals surface area contributed by atoms with Gasteiger partial charge in [-0.25, -0.2) is 0 Å². The maximum absolute atomic E-state index is 4.42. The largest absolute Gasteiger partial charge is 0.290 e. The Kier molecular flexibility index (Phi) is 2.17. The van der Waals surface area contributed by atoms with Crippen LogP contribution >= 0.6 is 0 Å². The van der Waals surface area contributed by atoms with Crippen molar-refractivity contribution in [2.75, 3.05) is 6.54 Å². The Balaban J connectivity index is 2.75. The molecule has 1 heteroatoms. The molecule has 1 aliphatic rings. The lowest BCUT2D eigenvalue weighted by atomic mass is 9.83. The van der Waals surface area contributed by atoms with Crippen LogP contribution in [0.3, 0.4) is 0 Å². The zero-order valence-corrected chi connectivity index (χ0v) is 7.78. The van der Waals surface area contributed by atoms with E-state index in [9.17, 15) is 0 Å². The van der Waals surface area contributed by atoms with Crippen molar-refractivity contribution in [2.45, 2.75) is 33.6 Å². The summed E-state index contributed by atoms with van der Waals surface area (Å²) < 4.78 is 0. The highest BCUT2D eigenvalue weighted by Gasteiger charge is 2.21. The molecule has 0 aromatic rings. The van der Waals surface area contributed by atoms with Crippen molar-refractivity contribution in [3.63, 3.8) is 0 Å². The van der Waals surface area contributed by atoms with Gasteiger partial charge in [-0.05, 0) is 30.8 Å². The summed E-state index contributed by atoms with van der Waals surface area (Å²) in [6, 6.07) is 0. The molecule has 1 aliphatic heterocycles. The van der Waals surface area contributed by atoms with Gasteiger partial charge in [-0.15, -0.1) is 0 Å². The summed E-state index contributed by atoms with van der Waals surface area (Å²) in [4.78, 5) is 4.42. The van der Waals surface area contributed by atoms with Gasteiger partial charge in [-0.3, -0.25) is 4.99 Å². The van der Waals surface area contributed by atoms with Gasteiger partial charge >= 0.3 is 0 Å². The fourth-order valence-electron chi connectivity index (χ4n) is 1.43. The Bertz CT molecular complexity index is 199. The van der Waals surface area contributed by atoms with Crippen molar-refractivity contribution in [3.8, 4) is 0 Å². The first-order valence-corrected chi connectivity index (χ1v) is 4.20. The highest BCUT2D eigenvalue weighted by molar-refractivity contribution is 5.97. The predicted molar refractivity (Wildman–Crippen MR) is 50.1 cm³/mol. The van der Waals surface area contributed by atoms with E-state index >= 15 is 0 Å². The van der Waals surface area contributed by atoms with E-state index in [4.69, 9.17) is 0 Å². The van der Waals surface area contributed by atoms with E-state index in [-0.39, 0.29) is 0 Å². The van der Waals surface area contributed by atoms with Crippen LogP contribution < -0.4 is 0 Å². The Morgan fingerprint density at radius 2 is 2.09 bits per heavy atom. The molecule has 0 aromatic heterocycles. The van der Waals surface area contributed by atoms with Crippen LogP contribution in [-0.4, -0.2) is 12.3 Å². The predicted octanol–water partition coefficient (Wildman–Crippen LogP) is 2.82. The van der Waals surface area contributed by atoms with Gasteiger partial charge in [0.15, 0.2) is 0 Å². The van der Waals surface area contributed by atoms with E-state index in [2.05, 4.69) is 32.3 Å². The highest BCUT2D eigenvalue weighted by atomic mass is 14.7. The van der Waals surface area contributed by atoms with Crippen molar-refractivity contribution in [3.05, 3.63) is 12.2 Å². The summed E-state index contributed by atoms with van der Waals surface area (Å²) in [5, 5.41) is 0. The van der Waals surface area contributed by atoms with E-state index in [1.54, 1.807) is 0 Å². The molecule has 0 N–H and O–H groups in total. The van der Waals surface area contributed by atoms with E-state index in [0.717, 1.165) is 18.7 Å². The molecule has 1 nitrogen and oxygen atoms in total. The molecule has 0 fully saturated rings. The lowest BCUT2D eigenvalue weighted by Gasteiger charge is -2.21. The van der Waals surface area contributed by atoms with E-state index in [1.807, 2.05) is 0 Å².